The first kappa shape index (κ1) is 23.3. The molecule has 1 atom stereocenters. The summed E-state index contributed by atoms with van der Waals surface area (Å²) in [7, 11) is 0. The molecule has 1 fully saturated rings. The van der Waals surface area contributed by atoms with Crippen LogP contribution in [0.5, 0.6) is 5.75 Å². The summed E-state index contributed by atoms with van der Waals surface area (Å²) in [6.45, 7) is 6.63. The third-order valence-corrected chi connectivity index (χ3v) is 6.11. The highest BCUT2D eigenvalue weighted by atomic mass is 35.5. The summed E-state index contributed by atoms with van der Waals surface area (Å²) in [5.41, 5.74) is 4.51. The number of ether oxygens (including phenoxy) is 1. The molecule has 0 saturated carbocycles. The van der Waals surface area contributed by atoms with Crippen molar-refractivity contribution < 1.29 is 14.3 Å². The Bertz CT molecular complexity index is 960. The normalized spacial score (nSPS) is 17.3. The number of amides is 1. The Morgan fingerprint density at radius 1 is 1.13 bits per heavy atom. The van der Waals surface area contributed by atoms with Gasteiger partial charge in [-0.05, 0) is 80.6 Å². The van der Waals surface area contributed by atoms with Crippen molar-refractivity contribution in [2.75, 3.05) is 25.0 Å². The minimum absolute atomic E-state index is 0. The highest BCUT2D eigenvalue weighted by molar-refractivity contribution is 6.07. The molecule has 2 aliphatic rings. The smallest absolute Gasteiger partial charge is 0.255 e. The number of fused-ring (bicyclic) bond motifs is 3. The Morgan fingerprint density at radius 3 is 2.74 bits per heavy atom. The van der Waals surface area contributed by atoms with Crippen LogP contribution in [0.2, 0.25) is 0 Å². The molecule has 2 aromatic rings. The molecule has 2 aromatic carbocycles. The fourth-order valence-electron chi connectivity index (χ4n) is 4.66. The van der Waals surface area contributed by atoms with Gasteiger partial charge in [-0.3, -0.25) is 14.5 Å². The standard InChI is InChI=1S/C25H30N2O3.ClH/c1-3-6-23(28)21-15-18(9-11-24(21)30-4-2)25(29)26-19-10-8-17-12-14-27-13-5-7-22(27)20(17)16-19;/h8-11,15-16,22H,3-7,12-14H2,1-2H3,(H,26,29);1H. The zero-order chi connectivity index (χ0) is 21.1. The third-order valence-electron chi connectivity index (χ3n) is 6.11. The van der Waals surface area contributed by atoms with Gasteiger partial charge in [0.25, 0.3) is 5.91 Å². The number of nitrogens with zero attached hydrogens (tertiary/aromatic N) is 1. The minimum Gasteiger partial charge on any atom is -0.493 e. The first-order valence-corrected chi connectivity index (χ1v) is 11.1. The Morgan fingerprint density at radius 2 is 1.97 bits per heavy atom. The number of hydrogen-bond donors (Lipinski definition) is 1. The molecular formula is C25H31ClN2O3. The van der Waals surface area contributed by atoms with Gasteiger partial charge in [-0.1, -0.05) is 13.0 Å². The van der Waals surface area contributed by atoms with Crippen LogP contribution in [0.4, 0.5) is 5.69 Å². The molecule has 0 bridgehead atoms. The van der Waals surface area contributed by atoms with E-state index in [1.54, 1.807) is 18.2 Å². The van der Waals surface area contributed by atoms with Crippen molar-refractivity contribution in [1.29, 1.82) is 0 Å². The van der Waals surface area contributed by atoms with Gasteiger partial charge >= 0.3 is 0 Å². The average molecular weight is 443 g/mol. The van der Waals surface area contributed by atoms with E-state index in [-0.39, 0.29) is 24.1 Å². The highest BCUT2D eigenvalue weighted by Crippen LogP contribution is 2.38. The Balaban J connectivity index is 0.00000272. The summed E-state index contributed by atoms with van der Waals surface area (Å²) in [4.78, 5) is 28.0. The van der Waals surface area contributed by atoms with E-state index in [2.05, 4.69) is 22.3 Å². The van der Waals surface area contributed by atoms with Crippen LogP contribution in [0, 0.1) is 0 Å². The maximum atomic E-state index is 12.9. The topological polar surface area (TPSA) is 58.6 Å². The number of halogens is 1. The number of nitrogens with one attached hydrogen (secondary N) is 1. The van der Waals surface area contributed by atoms with Gasteiger partial charge < -0.3 is 10.1 Å². The number of ketones is 1. The lowest BCUT2D eigenvalue weighted by Gasteiger charge is -2.32. The molecule has 2 aliphatic heterocycles. The van der Waals surface area contributed by atoms with E-state index in [9.17, 15) is 9.59 Å². The zero-order valence-corrected chi connectivity index (χ0v) is 19.1. The lowest BCUT2D eigenvalue weighted by molar-refractivity contribution is 0.0978. The minimum atomic E-state index is -0.206. The molecule has 1 saturated heterocycles. The van der Waals surface area contributed by atoms with Crippen LogP contribution in [0.15, 0.2) is 36.4 Å². The van der Waals surface area contributed by atoms with Crippen LogP contribution < -0.4 is 10.1 Å². The molecule has 0 spiro atoms. The fourth-order valence-corrected chi connectivity index (χ4v) is 4.66. The number of benzene rings is 2. The molecule has 1 N–H and O–H groups in total. The van der Waals surface area contributed by atoms with Gasteiger partial charge in [-0.2, -0.15) is 0 Å². The number of Topliss-reactive ketones (excluding diaryl/α,β-unsaturated/α-hetero) is 1. The summed E-state index contributed by atoms with van der Waals surface area (Å²) in [5.74, 6) is 0.343. The van der Waals surface area contributed by atoms with Gasteiger partial charge in [0.1, 0.15) is 5.75 Å². The summed E-state index contributed by atoms with van der Waals surface area (Å²) >= 11 is 0. The number of hydrogen-bond acceptors (Lipinski definition) is 4. The van der Waals surface area contributed by atoms with Crippen LogP contribution in [-0.2, 0) is 6.42 Å². The first-order valence-electron chi connectivity index (χ1n) is 11.1. The molecule has 0 radical (unpaired) electrons. The SMILES string of the molecule is CCCC(=O)c1cc(C(=O)Nc2ccc3c(c2)C2CCCN2CC3)ccc1OCC.Cl. The Kier molecular flexibility index (Phi) is 7.74. The van der Waals surface area contributed by atoms with Crippen molar-refractivity contribution >= 4 is 29.8 Å². The van der Waals surface area contributed by atoms with Crippen LogP contribution in [0.3, 0.4) is 0 Å². The average Bonchev–Trinajstić information content (AvgIpc) is 3.24. The monoisotopic (exact) mass is 442 g/mol. The lowest BCUT2D eigenvalue weighted by atomic mass is 9.92. The van der Waals surface area contributed by atoms with Gasteiger partial charge in [0, 0.05) is 30.3 Å². The second kappa shape index (κ2) is 10.3. The Labute approximate surface area is 190 Å². The summed E-state index contributed by atoms with van der Waals surface area (Å²) in [6, 6.07) is 11.9. The maximum absolute atomic E-state index is 12.9. The van der Waals surface area contributed by atoms with E-state index in [0.29, 0.717) is 35.9 Å². The van der Waals surface area contributed by atoms with Crippen molar-refractivity contribution in [3.05, 3.63) is 58.7 Å². The molecule has 5 nitrogen and oxygen atoms in total. The number of anilines is 1. The van der Waals surface area contributed by atoms with Gasteiger partial charge in [0.05, 0.1) is 12.2 Å². The quantitative estimate of drug-likeness (QED) is 0.580. The number of rotatable bonds is 7. The molecule has 0 aromatic heterocycles. The van der Waals surface area contributed by atoms with Gasteiger partial charge in [-0.15, -0.1) is 12.4 Å². The van der Waals surface area contributed by atoms with E-state index in [0.717, 1.165) is 25.1 Å². The van der Waals surface area contributed by atoms with Gasteiger partial charge in [-0.25, -0.2) is 0 Å². The van der Waals surface area contributed by atoms with Crippen LogP contribution >= 0.6 is 12.4 Å². The molecular weight excluding hydrogens is 412 g/mol. The molecule has 1 amide bonds. The van der Waals surface area contributed by atoms with E-state index >= 15 is 0 Å². The molecule has 166 valence electrons. The maximum Gasteiger partial charge on any atom is 0.255 e. The second-order valence-electron chi connectivity index (χ2n) is 8.13. The predicted molar refractivity (Wildman–Crippen MR) is 126 cm³/mol. The predicted octanol–water partition coefficient (Wildman–Crippen LogP) is 5.44. The summed E-state index contributed by atoms with van der Waals surface area (Å²) in [5, 5.41) is 3.03. The van der Waals surface area contributed by atoms with E-state index in [1.165, 1.54) is 30.5 Å². The van der Waals surface area contributed by atoms with Gasteiger partial charge in [0.2, 0.25) is 0 Å². The van der Waals surface area contributed by atoms with Crippen LogP contribution in [0.1, 0.15) is 77.4 Å². The third kappa shape index (κ3) is 4.94. The van der Waals surface area contributed by atoms with Crippen LogP contribution in [0.25, 0.3) is 0 Å². The van der Waals surface area contributed by atoms with Gasteiger partial charge in [0.15, 0.2) is 5.78 Å². The van der Waals surface area contributed by atoms with Crippen molar-refractivity contribution in [3.63, 3.8) is 0 Å². The number of carbonyl (C=O) groups is 2. The largest absolute Gasteiger partial charge is 0.493 e. The number of carbonyl (C=O) groups excluding carboxylic acids is 2. The van der Waals surface area contributed by atoms with Crippen molar-refractivity contribution in [1.82, 2.24) is 4.90 Å². The zero-order valence-electron chi connectivity index (χ0n) is 18.3. The summed E-state index contributed by atoms with van der Waals surface area (Å²) < 4.78 is 5.60. The first-order chi connectivity index (χ1) is 14.6. The second-order valence-corrected chi connectivity index (χ2v) is 8.13. The summed E-state index contributed by atoms with van der Waals surface area (Å²) in [6.07, 6.45) is 4.69. The lowest BCUT2D eigenvalue weighted by Crippen LogP contribution is -2.31. The van der Waals surface area contributed by atoms with Crippen LogP contribution in [-0.4, -0.2) is 36.3 Å². The van der Waals surface area contributed by atoms with Crippen molar-refractivity contribution in [2.24, 2.45) is 0 Å². The fraction of sp³-hybridized carbons (Fsp3) is 0.440. The highest BCUT2D eigenvalue weighted by Gasteiger charge is 2.31. The van der Waals surface area contributed by atoms with Crippen molar-refractivity contribution in [3.8, 4) is 5.75 Å². The molecule has 31 heavy (non-hydrogen) atoms. The molecule has 4 rings (SSSR count). The molecule has 2 heterocycles. The van der Waals surface area contributed by atoms with E-state index in [1.807, 2.05) is 19.9 Å². The Hall–Kier alpha value is -2.37. The van der Waals surface area contributed by atoms with E-state index < -0.39 is 0 Å². The van der Waals surface area contributed by atoms with Crippen molar-refractivity contribution in [2.45, 2.75) is 52.0 Å². The molecule has 6 heteroatoms. The molecule has 1 unspecified atom stereocenters. The van der Waals surface area contributed by atoms with E-state index in [4.69, 9.17) is 4.74 Å². The molecule has 0 aliphatic carbocycles.